The molecule has 0 heterocycles. The molecule has 0 fully saturated rings. The summed E-state index contributed by atoms with van der Waals surface area (Å²) in [5.41, 5.74) is -0.324. The van der Waals surface area contributed by atoms with E-state index in [2.05, 4.69) is 0 Å². The highest BCUT2D eigenvalue weighted by atomic mass is 19.4. The number of alkyl halides is 6. The molecule has 0 radical (unpaired) electrons. The third kappa shape index (κ3) is 5.87. The van der Waals surface area contributed by atoms with E-state index in [0.717, 1.165) is 24.3 Å². The second-order valence-corrected chi connectivity index (χ2v) is 6.92. The van der Waals surface area contributed by atoms with Crippen molar-refractivity contribution >= 4 is 5.91 Å². The van der Waals surface area contributed by atoms with Crippen LogP contribution in [0, 0.1) is 0 Å². The number of rotatable bonds is 5. The summed E-state index contributed by atoms with van der Waals surface area (Å²) >= 11 is 0. The Bertz CT molecular complexity index is 950. The van der Waals surface area contributed by atoms with Crippen molar-refractivity contribution in [2.45, 2.75) is 25.4 Å². The molecular weight excluding hydrogens is 420 g/mol. The number of benzene rings is 3. The lowest BCUT2D eigenvalue weighted by Gasteiger charge is -2.24. The number of halogens is 6. The second kappa shape index (κ2) is 8.83. The van der Waals surface area contributed by atoms with E-state index in [1.807, 2.05) is 0 Å². The Kier molecular flexibility index (Phi) is 6.38. The van der Waals surface area contributed by atoms with Crippen LogP contribution in [0.4, 0.5) is 26.3 Å². The summed E-state index contributed by atoms with van der Waals surface area (Å²) < 4.78 is 76.7. The molecule has 0 bridgehead atoms. The van der Waals surface area contributed by atoms with E-state index in [1.54, 1.807) is 30.3 Å². The Hall–Kier alpha value is -3.29. The van der Waals surface area contributed by atoms with Crippen LogP contribution in [0.3, 0.4) is 0 Å². The molecule has 0 saturated carbocycles. The molecule has 0 atom stereocenters. The molecule has 0 aliphatic carbocycles. The van der Waals surface area contributed by atoms with Gasteiger partial charge >= 0.3 is 12.4 Å². The van der Waals surface area contributed by atoms with Gasteiger partial charge in [-0.05, 0) is 47.5 Å². The fourth-order valence-electron chi connectivity index (χ4n) is 3.00. The van der Waals surface area contributed by atoms with Gasteiger partial charge in [-0.1, -0.05) is 42.5 Å². The van der Waals surface area contributed by atoms with Crippen molar-refractivity contribution in [1.82, 2.24) is 4.90 Å². The first-order chi connectivity index (χ1) is 14.5. The van der Waals surface area contributed by atoms with E-state index in [4.69, 9.17) is 0 Å². The number of nitrogens with zero attached hydrogens (tertiary/aromatic N) is 1. The first-order valence-electron chi connectivity index (χ1n) is 9.20. The predicted molar refractivity (Wildman–Crippen MR) is 103 cm³/mol. The summed E-state index contributed by atoms with van der Waals surface area (Å²) in [6.45, 7) is -0.0141. The van der Waals surface area contributed by atoms with Crippen molar-refractivity contribution in [3.63, 3.8) is 0 Å². The molecule has 0 aliphatic rings. The molecule has 3 aromatic rings. The number of hydrogen-bond acceptors (Lipinski definition) is 1. The molecule has 0 N–H and O–H groups in total. The van der Waals surface area contributed by atoms with Crippen molar-refractivity contribution in [2.24, 2.45) is 0 Å². The lowest BCUT2D eigenvalue weighted by molar-refractivity contribution is -0.138. The molecule has 8 heteroatoms. The van der Waals surface area contributed by atoms with Crippen LogP contribution in [0.5, 0.6) is 0 Å². The minimum absolute atomic E-state index is 0.00706. The van der Waals surface area contributed by atoms with Crippen molar-refractivity contribution in [1.29, 1.82) is 0 Å². The van der Waals surface area contributed by atoms with Gasteiger partial charge in [0.1, 0.15) is 0 Å². The van der Waals surface area contributed by atoms with Crippen LogP contribution in [0.2, 0.25) is 0 Å². The number of amides is 1. The summed E-state index contributed by atoms with van der Waals surface area (Å²) in [5, 5.41) is 0. The van der Waals surface area contributed by atoms with Crippen LogP contribution < -0.4 is 0 Å². The Morgan fingerprint density at radius 1 is 0.613 bits per heavy atom. The molecule has 3 rings (SSSR count). The summed E-state index contributed by atoms with van der Waals surface area (Å²) in [6.07, 6.45) is -8.95. The van der Waals surface area contributed by atoms with Crippen LogP contribution in [0.25, 0.3) is 0 Å². The van der Waals surface area contributed by atoms with Crippen LogP contribution in [0.1, 0.15) is 32.6 Å². The van der Waals surface area contributed by atoms with Gasteiger partial charge in [-0.15, -0.1) is 0 Å². The molecule has 2 nitrogen and oxygen atoms in total. The van der Waals surface area contributed by atoms with Crippen LogP contribution in [-0.2, 0) is 25.4 Å². The molecule has 31 heavy (non-hydrogen) atoms. The monoisotopic (exact) mass is 437 g/mol. The van der Waals surface area contributed by atoms with E-state index in [1.165, 1.54) is 29.2 Å². The van der Waals surface area contributed by atoms with E-state index >= 15 is 0 Å². The Morgan fingerprint density at radius 3 is 1.35 bits per heavy atom. The van der Waals surface area contributed by atoms with E-state index in [-0.39, 0.29) is 19.0 Å². The van der Waals surface area contributed by atoms with Gasteiger partial charge in [0.2, 0.25) is 0 Å². The van der Waals surface area contributed by atoms with Crippen molar-refractivity contribution in [2.75, 3.05) is 0 Å². The fourth-order valence-corrected chi connectivity index (χ4v) is 3.00. The molecule has 0 saturated heterocycles. The standard InChI is InChI=1S/C23H17F6NO/c24-22(25,26)19-10-6-16(7-11-19)14-30(21(31)18-4-2-1-3-5-18)15-17-8-12-20(13-9-17)23(27,28)29/h1-13H,14-15H2. The molecule has 0 unspecified atom stereocenters. The average molecular weight is 437 g/mol. The molecule has 0 aromatic heterocycles. The van der Waals surface area contributed by atoms with Gasteiger partial charge in [0.25, 0.3) is 5.91 Å². The quantitative estimate of drug-likeness (QED) is 0.414. The number of carbonyl (C=O) groups excluding carboxylic acids is 1. The SMILES string of the molecule is O=C(c1ccccc1)N(Cc1ccc(C(F)(F)F)cc1)Cc1ccc(C(F)(F)F)cc1. The van der Waals surface area contributed by atoms with Gasteiger partial charge in [0.05, 0.1) is 11.1 Å². The van der Waals surface area contributed by atoms with Crippen molar-refractivity contribution < 1.29 is 31.1 Å². The van der Waals surface area contributed by atoms with Gasteiger partial charge < -0.3 is 4.90 Å². The fraction of sp³-hybridized carbons (Fsp3) is 0.174. The van der Waals surface area contributed by atoms with Gasteiger partial charge in [-0.3, -0.25) is 4.79 Å². The summed E-state index contributed by atoms with van der Waals surface area (Å²) in [5.74, 6) is -0.389. The molecule has 0 spiro atoms. The highest BCUT2D eigenvalue weighted by Gasteiger charge is 2.31. The first-order valence-corrected chi connectivity index (χ1v) is 9.20. The third-order valence-electron chi connectivity index (χ3n) is 4.62. The predicted octanol–water partition coefficient (Wildman–Crippen LogP) is 6.57. The smallest absolute Gasteiger partial charge is 0.330 e. The van der Waals surface area contributed by atoms with Gasteiger partial charge in [-0.25, -0.2) is 0 Å². The van der Waals surface area contributed by atoms with E-state index in [0.29, 0.717) is 16.7 Å². The van der Waals surface area contributed by atoms with E-state index in [9.17, 15) is 31.1 Å². The third-order valence-corrected chi connectivity index (χ3v) is 4.62. The largest absolute Gasteiger partial charge is 0.416 e. The van der Waals surface area contributed by atoms with E-state index < -0.39 is 23.5 Å². The molecule has 3 aromatic carbocycles. The first kappa shape index (κ1) is 22.4. The van der Waals surface area contributed by atoms with Gasteiger partial charge in [-0.2, -0.15) is 26.3 Å². The zero-order valence-corrected chi connectivity index (χ0v) is 16.0. The lowest BCUT2D eigenvalue weighted by atomic mass is 10.1. The number of carbonyl (C=O) groups is 1. The summed E-state index contributed by atoms with van der Waals surface area (Å²) in [4.78, 5) is 14.3. The average Bonchev–Trinajstić information content (AvgIpc) is 2.73. The maximum absolute atomic E-state index is 13.0. The zero-order valence-electron chi connectivity index (χ0n) is 16.0. The van der Waals surface area contributed by atoms with Gasteiger partial charge in [0, 0.05) is 18.7 Å². The highest BCUT2D eigenvalue weighted by Crippen LogP contribution is 2.30. The molecule has 162 valence electrons. The van der Waals surface area contributed by atoms with Crippen LogP contribution in [0.15, 0.2) is 78.9 Å². The normalized spacial score (nSPS) is 11.9. The minimum Gasteiger partial charge on any atom is -0.330 e. The van der Waals surface area contributed by atoms with Crippen LogP contribution >= 0.6 is 0 Å². The zero-order chi connectivity index (χ0) is 22.6. The highest BCUT2D eigenvalue weighted by molar-refractivity contribution is 5.94. The number of hydrogen-bond donors (Lipinski definition) is 0. The molecule has 0 aliphatic heterocycles. The van der Waals surface area contributed by atoms with Crippen molar-refractivity contribution in [3.8, 4) is 0 Å². The summed E-state index contributed by atoms with van der Waals surface area (Å²) in [6, 6.07) is 17.1. The Labute approximate surface area is 174 Å². The van der Waals surface area contributed by atoms with Crippen molar-refractivity contribution in [3.05, 3.63) is 107 Å². The maximum atomic E-state index is 13.0. The lowest BCUT2D eigenvalue weighted by Crippen LogP contribution is -2.30. The Balaban J connectivity index is 1.85. The maximum Gasteiger partial charge on any atom is 0.416 e. The molecule has 1 amide bonds. The summed E-state index contributed by atoms with van der Waals surface area (Å²) in [7, 11) is 0. The van der Waals surface area contributed by atoms with Gasteiger partial charge in [0.15, 0.2) is 0 Å². The molecular formula is C23H17F6NO. The Morgan fingerprint density at radius 2 is 1.00 bits per heavy atom. The second-order valence-electron chi connectivity index (χ2n) is 6.92. The topological polar surface area (TPSA) is 20.3 Å². The van der Waals surface area contributed by atoms with Crippen LogP contribution in [-0.4, -0.2) is 10.8 Å². The minimum atomic E-state index is -4.47.